The molecule has 3 heterocycles. The fourth-order valence-corrected chi connectivity index (χ4v) is 2.94. The molecule has 0 radical (unpaired) electrons. The zero-order valence-corrected chi connectivity index (χ0v) is 14.0. The molecule has 2 amide bonds. The Morgan fingerprint density at radius 1 is 1.12 bits per heavy atom. The summed E-state index contributed by atoms with van der Waals surface area (Å²) in [6, 6.07) is 13.4. The number of hydrogen-bond acceptors (Lipinski definition) is 4. The van der Waals surface area contributed by atoms with Crippen molar-refractivity contribution in [3.05, 3.63) is 66.7 Å². The summed E-state index contributed by atoms with van der Waals surface area (Å²) in [7, 11) is 0. The maximum Gasteiger partial charge on any atom is 0.274 e. The maximum atomic E-state index is 12.8. The maximum absolute atomic E-state index is 12.8. The van der Waals surface area contributed by atoms with Crippen molar-refractivity contribution in [2.75, 3.05) is 19.6 Å². The molecule has 0 bridgehead atoms. The van der Waals surface area contributed by atoms with Gasteiger partial charge in [-0.25, -0.2) is 4.98 Å². The molecule has 1 aliphatic rings. The van der Waals surface area contributed by atoms with Crippen LogP contribution in [0.15, 0.2) is 61.1 Å². The van der Waals surface area contributed by atoms with Crippen LogP contribution in [-0.2, 0) is 4.79 Å². The van der Waals surface area contributed by atoms with E-state index in [-0.39, 0.29) is 18.4 Å². The summed E-state index contributed by atoms with van der Waals surface area (Å²) < 4.78 is 1.85. The standard InChI is InChI=1S/C19H17N5O2/c25-17-13-23(10-9-21-17)19(26)16-12-24(15-7-4-8-20-11-15)18(22-16)14-5-2-1-3-6-14/h1-8,11-12H,9-10,13H2,(H,21,25). The monoisotopic (exact) mass is 347 g/mol. The molecule has 1 saturated heterocycles. The van der Waals surface area contributed by atoms with Crippen molar-refractivity contribution >= 4 is 11.8 Å². The summed E-state index contributed by atoms with van der Waals surface area (Å²) in [6.45, 7) is 0.990. The fourth-order valence-electron chi connectivity index (χ4n) is 2.94. The van der Waals surface area contributed by atoms with Gasteiger partial charge in [0.15, 0.2) is 0 Å². The number of nitrogens with zero attached hydrogens (tertiary/aromatic N) is 4. The summed E-state index contributed by atoms with van der Waals surface area (Å²) in [6.07, 6.45) is 5.12. The molecule has 0 aliphatic carbocycles. The van der Waals surface area contributed by atoms with Gasteiger partial charge in [0.1, 0.15) is 11.5 Å². The Labute approximate surface area is 150 Å². The topological polar surface area (TPSA) is 80.1 Å². The Morgan fingerprint density at radius 3 is 2.69 bits per heavy atom. The molecular formula is C19H17N5O2. The van der Waals surface area contributed by atoms with Crippen LogP contribution in [0.4, 0.5) is 0 Å². The Morgan fingerprint density at radius 2 is 1.96 bits per heavy atom. The number of pyridine rings is 1. The molecule has 1 fully saturated rings. The number of benzene rings is 1. The highest BCUT2D eigenvalue weighted by Crippen LogP contribution is 2.23. The van der Waals surface area contributed by atoms with Crippen molar-refractivity contribution in [3.63, 3.8) is 0 Å². The van der Waals surface area contributed by atoms with Gasteiger partial charge >= 0.3 is 0 Å². The van der Waals surface area contributed by atoms with Gasteiger partial charge in [0.05, 0.1) is 18.4 Å². The molecule has 130 valence electrons. The number of aromatic nitrogens is 3. The van der Waals surface area contributed by atoms with E-state index in [1.54, 1.807) is 18.6 Å². The minimum absolute atomic E-state index is 0.0548. The van der Waals surface area contributed by atoms with E-state index in [1.807, 2.05) is 47.0 Å². The predicted octanol–water partition coefficient (Wildman–Crippen LogP) is 1.51. The molecule has 4 rings (SSSR count). The number of hydrogen-bond donors (Lipinski definition) is 1. The SMILES string of the molecule is O=C1CN(C(=O)c2cn(-c3cccnc3)c(-c3ccccc3)n2)CCN1. The number of carbonyl (C=O) groups excluding carboxylic acids is 2. The highest BCUT2D eigenvalue weighted by Gasteiger charge is 2.25. The third kappa shape index (κ3) is 3.06. The van der Waals surface area contributed by atoms with Crippen LogP contribution in [0.5, 0.6) is 0 Å². The van der Waals surface area contributed by atoms with E-state index in [4.69, 9.17) is 0 Å². The molecule has 1 aromatic carbocycles. The first kappa shape index (κ1) is 16.0. The molecule has 26 heavy (non-hydrogen) atoms. The third-order valence-corrected chi connectivity index (χ3v) is 4.21. The summed E-state index contributed by atoms with van der Waals surface area (Å²) >= 11 is 0. The van der Waals surface area contributed by atoms with E-state index in [0.717, 1.165) is 11.3 Å². The van der Waals surface area contributed by atoms with Crippen LogP contribution in [-0.4, -0.2) is 50.9 Å². The number of amides is 2. The van der Waals surface area contributed by atoms with Crippen molar-refractivity contribution in [1.29, 1.82) is 0 Å². The van der Waals surface area contributed by atoms with Crippen LogP contribution in [0, 0.1) is 0 Å². The Balaban J connectivity index is 1.76. The first-order chi connectivity index (χ1) is 12.7. The molecule has 2 aromatic heterocycles. The van der Waals surface area contributed by atoms with E-state index in [0.29, 0.717) is 24.6 Å². The van der Waals surface area contributed by atoms with Crippen molar-refractivity contribution < 1.29 is 9.59 Å². The molecule has 1 aliphatic heterocycles. The lowest BCUT2D eigenvalue weighted by Gasteiger charge is -2.25. The van der Waals surface area contributed by atoms with Crippen molar-refractivity contribution in [2.45, 2.75) is 0 Å². The van der Waals surface area contributed by atoms with Gasteiger partial charge in [-0.05, 0) is 12.1 Å². The van der Waals surface area contributed by atoms with Gasteiger partial charge in [-0.15, -0.1) is 0 Å². The Kier molecular flexibility index (Phi) is 4.18. The number of imidazole rings is 1. The second kappa shape index (κ2) is 6.79. The molecule has 0 spiro atoms. The van der Waals surface area contributed by atoms with E-state index in [9.17, 15) is 9.59 Å². The van der Waals surface area contributed by atoms with E-state index >= 15 is 0 Å². The molecule has 0 saturated carbocycles. The minimum Gasteiger partial charge on any atom is -0.353 e. The second-order valence-corrected chi connectivity index (χ2v) is 5.97. The first-order valence-electron chi connectivity index (χ1n) is 8.33. The molecule has 3 aromatic rings. The number of nitrogens with one attached hydrogen (secondary N) is 1. The van der Waals surface area contributed by atoms with Crippen molar-refractivity contribution in [1.82, 2.24) is 24.8 Å². The summed E-state index contributed by atoms with van der Waals surface area (Å²) in [5, 5.41) is 2.72. The lowest BCUT2D eigenvalue weighted by atomic mass is 10.2. The molecule has 1 N–H and O–H groups in total. The zero-order chi connectivity index (χ0) is 17.9. The van der Waals surface area contributed by atoms with Crippen LogP contribution in [0.1, 0.15) is 10.5 Å². The van der Waals surface area contributed by atoms with Gasteiger partial charge in [-0.2, -0.15) is 0 Å². The summed E-state index contributed by atoms with van der Waals surface area (Å²) in [5.41, 5.74) is 2.02. The molecule has 0 atom stereocenters. The van der Waals surface area contributed by atoms with Crippen molar-refractivity contribution in [3.8, 4) is 17.1 Å². The van der Waals surface area contributed by atoms with E-state index in [1.165, 1.54) is 4.90 Å². The largest absolute Gasteiger partial charge is 0.353 e. The average Bonchev–Trinajstić information content (AvgIpc) is 3.14. The first-order valence-corrected chi connectivity index (χ1v) is 8.33. The minimum atomic E-state index is -0.250. The van der Waals surface area contributed by atoms with E-state index < -0.39 is 0 Å². The second-order valence-electron chi connectivity index (χ2n) is 5.97. The molecule has 0 unspecified atom stereocenters. The van der Waals surface area contributed by atoms with Crippen LogP contribution in [0.2, 0.25) is 0 Å². The molecular weight excluding hydrogens is 330 g/mol. The lowest BCUT2D eigenvalue weighted by Crippen LogP contribution is -2.50. The molecule has 7 heteroatoms. The van der Waals surface area contributed by atoms with Crippen LogP contribution in [0.25, 0.3) is 17.1 Å². The molecule has 7 nitrogen and oxygen atoms in total. The highest BCUT2D eigenvalue weighted by atomic mass is 16.2. The fraction of sp³-hybridized carbons (Fsp3) is 0.158. The normalized spacial score (nSPS) is 14.2. The third-order valence-electron chi connectivity index (χ3n) is 4.21. The lowest BCUT2D eigenvalue weighted by molar-refractivity contribution is -0.123. The van der Waals surface area contributed by atoms with Gasteiger partial charge < -0.3 is 10.2 Å². The number of carbonyl (C=O) groups is 2. The zero-order valence-electron chi connectivity index (χ0n) is 14.0. The summed E-state index contributed by atoms with van der Waals surface area (Å²) in [5.74, 6) is 0.252. The average molecular weight is 347 g/mol. The number of piperazine rings is 1. The van der Waals surface area contributed by atoms with E-state index in [2.05, 4.69) is 15.3 Å². The van der Waals surface area contributed by atoms with Crippen LogP contribution < -0.4 is 5.32 Å². The van der Waals surface area contributed by atoms with Gasteiger partial charge in [0.2, 0.25) is 5.91 Å². The highest BCUT2D eigenvalue weighted by molar-refractivity contribution is 5.96. The quantitative estimate of drug-likeness (QED) is 0.779. The van der Waals surface area contributed by atoms with Crippen LogP contribution >= 0.6 is 0 Å². The summed E-state index contributed by atoms with van der Waals surface area (Å²) in [4.78, 5) is 34.7. The Bertz CT molecular complexity index is 880. The Hall–Kier alpha value is -3.48. The van der Waals surface area contributed by atoms with Gasteiger partial charge in [-0.1, -0.05) is 30.3 Å². The number of rotatable bonds is 3. The van der Waals surface area contributed by atoms with Gasteiger partial charge in [0.25, 0.3) is 5.91 Å². The smallest absolute Gasteiger partial charge is 0.274 e. The predicted molar refractivity (Wildman–Crippen MR) is 95.7 cm³/mol. The van der Waals surface area contributed by atoms with Gasteiger partial charge in [-0.3, -0.25) is 19.1 Å². The van der Waals surface area contributed by atoms with Crippen LogP contribution in [0.3, 0.4) is 0 Å². The van der Waals surface area contributed by atoms with Crippen molar-refractivity contribution in [2.24, 2.45) is 0 Å². The van der Waals surface area contributed by atoms with Gasteiger partial charge in [0, 0.05) is 31.0 Å².